The molecule has 258 valence electrons. The van der Waals surface area contributed by atoms with Crippen molar-refractivity contribution in [2.24, 2.45) is 0 Å². The fourth-order valence-electron chi connectivity index (χ4n) is 5.67. The van der Waals surface area contributed by atoms with E-state index in [9.17, 15) is 24.0 Å². The Morgan fingerprint density at radius 3 is 1.02 bits per heavy atom. The van der Waals surface area contributed by atoms with Gasteiger partial charge in [0.2, 0.25) is 0 Å². The van der Waals surface area contributed by atoms with Crippen molar-refractivity contribution in [1.29, 1.82) is 0 Å². The molecule has 0 saturated heterocycles. The molecule has 0 aliphatic carbocycles. The van der Waals surface area contributed by atoms with Gasteiger partial charge in [-0.25, -0.2) is 4.21 Å². The molecule has 4 aromatic rings. The summed E-state index contributed by atoms with van der Waals surface area (Å²) in [6, 6.07) is 32.8. The van der Waals surface area contributed by atoms with Crippen LogP contribution in [0.5, 0.6) is 0 Å². The Morgan fingerprint density at radius 2 is 0.750 bits per heavy atom. The minimum absolute atomic E-state index is 0.0128. The lowest BCUT2D eigenvalue weighted by molar-refractivity contribution is -0.936. The number of quaternary nitrogens is 2. The Morgan fingerprint density at radius 1 is 0.479 bits per heavy atom. The second-order valence-corrected chi connectivity index (χ2v) is 13.1. The number of carboxylic acid groups (broad SMARTS) is 2. The van der Waals surface area contributed by atoms with Gasteiger partial charge in [-0.3, -0.25) is 0 Å². The molecular formula is C40H52N2O5S. The van der Waals surface area contributed by atoms with Gasteiger partial charge < -0.3 is 28.8 Å². The maximum Gasteiger partial charge on any atom is 0.104 e. The summed E-state index contributed by atoms with van der Waals surface area (Å²) in [6.07, 6.45) is 0. The minimum atomic E-state index is -1.95. The Labute approximate surface area is 290 Å². The molecule has 0 amide bonds. The summed E-state index contributed by atoms with van der Waals surface area (Å²) in [5, 5.41) is 22.0. The second kappa shape index (κ2) is 20.3. The molecule has 0 fully saturated rings. The van der Waals surface area contributed by atoms with Crippen LogP contribution in [0.2, 0.25) is 0 Å². The van der Waals surface area contributed by atoms with Crippen LogP contribution >= 0.6 is 0 Å². The largest absolute Gasteiger partial charge is 0.545 e. The van der Waals surface area contributed by atoms with Crippen LogP contribution in [0.25, 0.3) is 0 Å². The number of hydrogen-bond donors (Lipinski definition) is 0. The molecule has 4 rings (SSSR count). The van der Waals surface area contributed by atoms with Gasteiger partial charge in [-0.1, -0.05) is 97.1 Å². The standard InChI is InChI=1S/C14H10O5S.2C13H22N/c15-13(16)9-5-1-3-7-11(9)20(19)12-8-4-2-6-10(12)14(17)18;2*1-4-14(5-2,6-3)12-13-10-8-7-9-11-13/h1-8H,(H,15,16)(H,17,18);2*7-11H,4-6,12H2,1-3H3/q;2*+1/p-2. The van der Waals surface area contributed by atoms with E-state index in [2.05, 4.69) is 102 Å². The number of aromatic carboxylic acids is 2. The molecule has 0 atom stereocenters. The zero-order chi connectivity index (χ0) is 35.6. The molecule has 0 aliphatic rings. The van der Waals surface area contributed by atoms with E-state index in [0.29, 0.717) is 0 Å². The van der Waals surface area contributed by atoms with Gasteiger partial charge in [-0.2, -0.15) is 0 Å². The number of benzene rings is 4. The van der Waals surface area contributed by atoms with Gasteiger partial charge in [-0.05, 0) is 53.7 Å². The third-order valence-corrected chi connectivity index (χ3v) is 10.9. The lowest BCUT2D eigenvalue weighted by Gasteiger charge is -2.35. The monoisotopic (exact) mass is 672 g/mol. The molecule has 0 radical (unpaired) electrons. The van der Waals surface area contributed by atoms with E-state index in [-0.39, 0.29) is 20.9 Å². The summed E-state index contributed by atoms with van der Waals surface area (Å²) in [6.45, 7) is 23.4. The van der Waals surface area contributed by atoms with E-state index in [1.807, 2.05) is 0 Å². The lowest BCUT2D eigenvalue weighted by Crippen LogP contribution is -2.46. The molecule has 0 spiro atoms. The van der Waals surface area contributed by atoms with Crippen molar-refractivity contribution in [1.82, 2.24) is 0 Å². The van der Waals surface area contributed by atoms with Crippen LogP contribution in [-0.4, -0.2) is 64.4 Å². The highest BCUT2D eigenvalue weighted by molar-refractivity contribution is 7.85. The van der Waals surface area contributed by atoms with Crippen molar-refractivity contribution in [3.8, 4) is 0 Å². The number of nitrogens with zero attached hydrogens (tertiary/aromatic N) is 2. The van der Waals surface area contributed by atoms with Crippen LogP contribution in [0.3, 0.4) is 0 Å². The zero-order valence-electron chi connectivity index (χ0n) is 29.4. The van der Waals surface area contributed by atoms with Gasteiger partial charge in [0.05, 0.1) is 71.8 Å². The summed E-state index contributed by atoms with van der Waals surface area (Å²) in [5.41, 5.74) is 2.44. The normalized spacial score (nSPS) is 11.1. The van der Waals surface area contributed by atoms with Gasteiger partial charge in [0.25, 0.3) is 0 Å². The fraction of sp³-hybridized carbons (Fsp3) is 0.350. The highest BCUT2D eigenvalue weighted by Crippen LogP contribution is 2.23. The molecular weight excluding hydrogens is 621 g/mol. The molecule has 8 heteroatoms. The summed E-state index contributed by atoms with van der Waals surface area (Å²) >= 11 is 0. The van der Waals surface area contributed by atoms with E-state index in [4.69, 9.17) is 0 Å². The SMILES string of the molecule is CC[N+](CC)(CC)Cc1ccccc1.CC[N+](CC)(CC)Cc1ccccc1.O=C([O-])c1ccccc1S(=O)c1ccccc1C(=O)[O-]. The van der Waals surface area contributed by atoms with Crippen molar-refractivity contribution in [2.45, 2.75) is 64.4 Å². The van der Waals surface area contributed by atoms with E-state index < -0.39 is 22.7 Å². The van der Waals surface area contributed by atoms with E-state index in [1.54, 1.807) is 0 Å². The molecule has 0 N–H and O–H groups in total. The first-order valence-corrected chi connectivity index (χ1v) is 18.0. The maximum atomic E-state index is 12.4. The van der Waals surface area contributed by atoms with Gasteiger partial charge in [0, 0.05) is 22.3 Å². The summed E-state index contributed by atoms with van der Waals surface area (Å²) < 4.78 is 14.8. The summed E-state index contributed by atoms with van der Waals surface area (Å²) in [4.78, 5) is 22.0. The maximum absolute atomic E-state index is 12.4. The van der Waals surface area contributed by atoms with E-state index in [0.717, 1.165) is 0 Å². The molecule has 4 aromatic carbocycles. The lowest BCUT2D eigenvalue weighted by atomic mass is 10.2. The molecule has 0 aromatic heterocycles. The average molecular weight is 673 g/mol. The zero-order valence-corrected chi connectivity index (χ0v) is 30.2. The van der Waals surface area contributed by atoms with Gasteiger partial charge in [0.15, 0.2) is 0 Å². The van der Waals surface area contributed by atoms with Crippen LogP contribution in [0.15, 0.2) is 119 Å². The van der Waals surface area contributed by atoms with E-state index in [1.165, 1.54) is 121 Å². The average Bonchev–Trinajstić information content (AvgIpc) is 3.14. The Balaban J connectivity index is 0.000000257. The summed E-state index contributed by atoms with van der Waals surface area (Å²) in [7, 11) is -1.95. The predicted molar refractivity (Wildman–Crippen MR) is 190 cm³/mol. The van der Waals surface area contributed by atoms with Crippen molar-refractivity contribution in [2.75, 3.05) is 39.3 Å². The molecule has 0 bridgehead atoms. The quantitative estimate of drug-likeness (QED) is 0.160. The summed E-state index contributed by atoms with van der Waals surface area (Å²) in [5.74, 6) is -2.94. The number of hydrogen-bond acceptors (Lipinski definition) is 5. The topological polar surface area (TPSA) is 97.3 Å². The van der Waals surface area contributed by atoms with Crippen LogP contribution in [0, 0.1) is 0 Å². The Kier molecular flexibility index (Phi) is 16.9. The molecule has 0 aliphatic heterocycles. The third kappa shape index (κ3) is 11.5. The van der Waals surface area contributed by atoms with Crippen molar-refractivity contribution in [3.05, 3.63) is 131 Å². The van der Waals surface area contributed by atoms with Gasteiger partial charge in [-0.15, -0.1) is 0 Å². The van der Waals surface area contributed by atoms with Crippen molar-refractivity contribution >= 4 is 22.7 Å². The van der Waals surface area contributed by atoms with Crippen LogP contribution < -0.4 is 10.2 Å². The fourth-order valence-corrected chi connectivity index (χ4v) is 7.01. The first-order chi connectivity index (χ1) is 23.0. The number of carboxylic acids is 2. The molecule has 7 nitrogen and oxygen atoms in total. The highest BCUT2D eigenvalue weighted by Gasteiger charge is 2.21. The highest BCUT2D eigenvalue weighted by atomic mass is 32.2. The van der Waals surface area contributed by atoms with Crippen LogP contribution in [-0.2, 0) is 23.9 Å². The van der Waals surface area contributed by atoms with Crippen LogP contribution in [0.4, 0.5) is 0 Å². The Bertz CT molecular complexity index is 1440. The number of rotatable bonds is 14. The first-order valence-electron chi connectivity index (χ1n) is 16.8. The van der Waals surface area contributed by atoms with Crippen molar-refractivity contribution in [3.63, 3.8) is 0 Å². The predicted octanol–water partition coefficient (Wildman–Crippen LogP) is 5.71. The Hall–Kier alpha value is -4.11. The van der Waals surface area contributed by atoms with Crippen molar-refractivity contribution < 1.29 is 33.0 Å². The molecule has 0 unspecified atom stereocenters. The smallest absolute Gasteiger partial charge is 0.104 e. The van der Waals surface area contributed by atoms with Crippen LogP contribution in [0.1, 0.15) is 73.4 Å². The molecule has 0 saturated carbocycles. The second-order valence-electron chi connectivity index (χ2n) is 11.7. The third-order valence-electron chi connectivity index (χ3n) is 9.36. The number of carbonyl (C=O) groups excluding carboxylic acids is 2. The van der Waals surface area contributed by atoms with Gasteiger partial charge >= 0.3 is 0 Å². The van der Waals surface area contributed by atoms with Gasteiger partial charge in [0.1, 0.15) is 13.1 Å². The minimum Gasteiger partial charge on any atom is -0.545 e. The van der Waals surface area contributed by atoms with E-state index >= 15 is 0 Å². The molecule has 48 heavy (non-hydrogen) atoms. The first kappa shape index (κ1) is 40.1. The number of carbonyl (C=O) groups is 2. The molecule has 0 heterocycles.